The van der Waals surface area contributed by atoms with Crippen LogP contribution in [0.5, 0.6) is 0 Å². The first kappa shape index (κ1) is 18.3. The van der Waals surface area contributed by atoms with Crippen LogP contribution < -0.4 is 5.32 Å². The van der Waals surface area contributed by atoms with Crippen molar-refractivity contribution in [2.24, 2.45) is 0 Å². The fourth-order valence-electron chi connectivity index (χ4n) is 2.85. The highest BCUT2D eigenvalue weighted by Gasteiger charge is 2.31. The predicted molar refractivity (Wildman–Crippen MR) is 91.3 cm³/mol. The Labute approximate surface area is 145 Å². The number of nitrogens with one attached hydrogen (secondary N) is 1. The largest absolute Gasteiger partial charge is 0.478 e. The Kier molecular flexibility index (Phi) is 6.20. The highest BCUT2D eigenvalue weighted by molar-refractivity contribution is 6.33. The van der Waals surface area contributed by atoms with E-state index in [1.807, 2.05) is 6.92 Å². The Morgan fingerprint density at radius 2 is 2.08 bits per heavy atom. The number of rotatable bonds is 5. The van der Waals surface area contributed by atoms with Gasteiger partial charge in [-0.1, -0.05) is 18.5 Å². The SMILES string of the molecule is CCCC(=O)N1CCCCC1C(=O)Nc1ccc(C(=O)O)c(Cl)c1. The van der Waals surface area contributed by atoms with Crippen molar-refractivity contribution in [1.29, 1.82) is 0 Å². The molecule has 7 heteroatoms. The molecule has 0 radical (unpaired) electrons. The van der Waals surface area contributed by atoms with Crippen molar-refractivity contribution in [1.82, 2.24) is 4.90 Å². The molecule has 0 aliphatic carbocycles. The van der Waals surface area contributed by atoms with Crippen LogP contribution in [-0.2, 0) is 9.59 Å². The molecule has 1 saturated heterocycles. The van der Waals surface area contributed by atoms with Gasteiger partial charge in [-0.15, -0.1) is 0 Å². The van der Waals surface area contributed by atoms with E-state index in [1.54, 1.807) is 4.90 Å². The Morgan fingerprint density at radius 3 is 2.71 bits per heavy atom. The van der Waals surface area contributed by atoms with Crippen LogP contribution in [0, 0.1) is 0 Å². The molecule has 0 spiro atoms. The molecular weight excluding hydrogens is 332 g/mol. The highest BCUT2D eigenvalue weighted by atomic mass is 35.5. The van der Waals surface area contributed by atoms with Crippen LogP contribution in [0.1, 0.15) is 49.4 Å². The molecule has 1 aliphatic rings. The van der Waals surface area contributed by atoms with Gasteiger partial charge in [0.05, 0.1) is 10.6 Å². The molecule has 0 aromatic heterocycles. The molecule has 1 aliphatic heterocycles. The molecule has 1 aromatic rings. The summed E-state index contributed by atoms with van der Waals surface area (Å²) in [7, 11) is 0. The number of carboxylic acid groups (broad SMARTS) is 1. The second-order valence-electron chi connectivity index (χ2n) is 5.84. The number of carboxylic acids is 1. The molecule has 6 nitrogen and oxygen atoms in total. The van der Waals surface area contributed by atoms with Crippen molar-refractivity contribution < 1.29 is 19.5 Å². The Hall–Kier alpha value is -2.08. The van der Waals surface area contributed by atoms with E-state index >= 15 is 0 Å². The number of hydrogen-bond acceptors (Lipinski definition) is 3. The minimum Gasteiger partial charge on any atom is -0.478 e. The summed E-state index contributed by atoms with van der Waals surface area (Å²) in [4.78, 5) is 37.4. The van der Waals surface area contributed by atoms with Crippen LogP contribution >= 0.6 is 11.6 Å². The minimum absolute atomic E-state index is 0.00314. The molecule has 1 aromatic carbocycles. The van der Waals surface area contributed by atoms with Crippen LogP contribution in [0.25, 0.3) is 0 Å². The monoisotopic (exact) mass is 352 g/mol. The summed E-state index contributed by atoms with van der Waals surface area (Å²) in [6, 6.07) is 3.76. The number of amides is 2. The molecule has 1 heterocycles. The summed E-state index contributed by atoms with van der Waals surface area (Å²) in [6.07, 6.45) is 3.60. The number of benzene rings is 1. The molecule has 130 valence electrons. The maximum absolute atomic E-state index is 12.6. The molecule has 2 amide bonds. The van der Waals surface area contributed by atoms with Crippen molar-refractivity contribution in [3.63, 3.8) is 0 Å². The number of carbonyl (C=O) groups excluding carboxylic acids is 2. The first-order chi connectivity index (χ1) is 11.4. The molecule has 24 heavy (non-hydrogen) atoms. The van der Waals surface area contributed by atoms with Crippen molar-refractivity contribution in [3.8, 4) is 0 Å². The standard InChI is InChI=1S/C17H21ClN2O4/c1-2-5-15(21)20-9-4-3-6-14(20)16(22)19-11-7-8-12(17(23)24)13(18)10-11/h7-8,10,14H,2-6,9H2,1H3,(H,19,22)(H,23,24). The topological polar surface area (TPSA) is 86.7 Å². The Morgan fingerprint density at radius 1 is 1.33 bits per heavy atom. The molecule has 1 fully saturated rings. The maximum Gasteiger partial charge on any atom is 0.337 e. The normalized spacial score (nSPS) is 17.4. The van der Waals surface area contributed by atoms with Crippen LogP contribution in [-0.4, -0.2) is 40.4 Å². The molecule has 1 unspecified atom stereocenters. The average Bonchev–Trinajstić information content (AvgIpc) is 2.54. The number of aromatic carboxylic acids is 1. The van der Waals surface area contributed by atoms with Crippen molar-refractivity contribution >= 4 is 35.1 Å². The summed E-state index contributed by atoms with van der Waals surface area (Å²) in [6.45, 7) is 2.53. The van der Waals surface area contributed by atoms with Crippen LogP contribution in [0.3, 0.4) is 0 Å². The number of piperidine rings is 1. The van der Waals surface area contributed by atoms with Crippen molar-refractivity contribution in [3.05, 3.63) is 28.8 Å². The Bertz CT molecular complexity index is 647. The van der Waals surface area contributed by atoms with E-state index < -0.39 is 12.0 Å². The van der Waals surface area contributed by atoms with Gasteiger partial charge in [-0.25, -0.2) is 4.79 Å². The van der Waals surface area contributed by atoms with Gasteiger partial charge in [0.2, 0.25) is 11.8 Å². The zero-order chi connectivity index (χ0) is 17.7. The van der Waals surface area contributed by atoms with Crippen LogP contribution in [0.4, 0.5) is 5.69 Å². The maximum atomic E-state index is 12.6. The zero-order valence-corrected chi connectivity index (χ0v) is 14.3. The second kappa shape index (κ2) is 8.15. The Balaban J connectivity index is 2.11. The number of likely N-dealkylation sites (tertiary alicyclic amines) is 1. The predicted octanol–water partition coefficient (Wildman–Crippen LogP) is 3.16. The lowest BCUT2D eigenvalue weighted by atomic mass is 10.0. The molecule has 2 rings (SSSR count). The minimum atomic E-state index is -1.12. The van der Waals surface area contributed by atoms with Gasteiger partial charge < -0.3 is 15.3 Å². The van der Waals surface area contributed by atoms with Gasteiger partial charge in [0.1, 0.15) is 6.04 Å². The van der Waals surface area contributed by atoms with Crippen LogP contribution in [0.15, 0.2) is 18.2 Å². The summed E-state index contributed by atoms with van der Waals surface area (Å²) < 4.78 is 0. The summed E-state index contributed by atoms with van der Waals surface area (Å²) in [5.41, 5.74) is 0.399. The van der Waals surface area contributed by atoms with E-state index in [2.05, 4.69) is 5.32 Å². The van der Waals surface area contributed by atoms with Gasteiger partial charge in [0, 0.05) is 18.7 Å². The van der Waals surface area contributed by atoms with E-state index in [-0.39, 0.29) is 22.4 Å². The molecule has 2 N–H and O–H groups in total. The highest BCUT2D eigenvalue weighted by Crippen LogP contribution is 2.23. The lowest BCUT2D eigenvalue weighted by Crippen LogP contribution is -2.49. The van der Waals surface area contributed by atoms with E-state index in [9.17, 15) is 14.4 Å². The fourth-order valence-corrected chi connectivity index (χ4v) is 3.11. The third kappa shape index (κ3) is 4.26. The van der Waals surface area contributed by atoms with Crippen molar-refractivity contribution in [2.45, 2.75) is 45.1 Å². The number of carbonyl (C=O) groups is 3. The van der Waals surface area contributed by atoms with Gasteiger partial charge in [-0.2, -0.15) is 0 Å². The zero-order valence-electron chi connectivity index (χ0n) is 13.5. The number of hydrogen-bond donors (Lipinski definition) is 2. The average molecular weight is 353 g/mol. The van der Waals surface area contributed by atoms with Gasteiger partial charge >= 0.3 is 5.97 Å². The summed E-state index contributed by atoms with van der Waals surface area (Å²) >= 11 is 5.92. The third-order valence-electron chi connectivity index (χ3n) is 4.06. The number of anilines is 1. The fraction of sp³-hybridized carbons (Fsp3) is 0.471. The van der Waals surface area contributed by atoms with Crippen molar-refractivity contribution in [2.75, 3.05) is 11.9 Å². The number of nitrogens with zero attached hydrogens (tertiary/aromatic N) is 1. The van der Waals surface area contributed by atoms with Gasteiger partial charge in [0.15, 0.2) is 0 Å². The smallest absolute Gasteiger partial charge is 0.337 e. The van der Waals surface area contributed by atoms with E-state index in [1.165, 1.54) is 18.2 Å². The lowest BCUT2D eigenvalue weighted by Gasteiger charge is -2.34. The van der Waals surface area contributed by atoms with E-state index in [0.717, 1.165) is 19.3 Å². The lowest BCUT2D eigenvalue weighted by molar-refractivity contribution is -0.140. The quantitative estimate of drug-likeness (QED) is 0.852. The summed E-state index contributed by atoms with van der Waals surface area (Å²) in [5, 5.41) is 11.8. The molecule has 0 bridgehead atoms. The molecule has 0 saturated carbocycles. The molecule has 1 atom stereocenters. The van der Waals surface area contributed by atoms with E-state index in [4.69, 9.17) is 16.7 Å². The third-order valence-corrected chi connectivity index (χ3v) is 4.37. The van der Waals surface area contributed by atoms with Gasteiger partial charge in [-0.3, -0.25) is 9.59 Å². The number of halogens is 1. The van der Waals surface area contributed by atoms with Gasteiger partial charge in [-0.05, 0) is 43.9 Å². The van der Waals surface area contributed by atoms with Crippen LogP contribution in [0.2, 0.25) is 5.02 Å². The first-order valence-corrected chi connectivity index (χ1v) is 8.45. The van der Waals surface area contributed by atoms with Gasteiger partial charge in [0.25, 0.3) is 0 Å². The first-order valence-electron chi connectivity index (χ1n) is 8.07. The molecular formula is C17H21ClN2O4. The summed E-state index contributed by atoms with van der Waals surface area (Å²) in [5.74, 6) is -1.39. The second-order valence-corrected chi connectivity index (χ2v) is 6.24. The van der Waals surface area contributed by atoms with E-state index in [0.29, 0.717) is 25.1 Å².